The van der Waals surface area contributed by atoms with Crippen molar-refractivity contribution in [2.45, 2.75) is 38.5 Å². The van der Waals surface area contributed by atoms with Gasteiger partial charge in [0.15, 0.2) is 0 Å². The molecule has 0 saturated heterocycles. The van der Waals surface area contributed by atoms with Crippen molar-refractivity contribution in [3.63, 3.8) is 0 Å². The van der Waals surface area contributed by atoms with Crippen LogP contribution in [0.1, 0.15) is 37.7 Å². The van der Waals surface area contributed by atoms with E-state index in [-0.39, 0.29) is 12.3 Å². The number of nitrogens with one attached hydrogen (secondary N) is 1. The quantitative estimate of drug-likeness (QED) is 0.619. The maximum Gasteiger partial charge on any atom is 0.224 e. The SMILES string of the molecule is COc1ccc(CC(=O)NCCN(CCC2=CCCCC2)S(C)(=O)=O)cc1. The highest BCUT2D eigenvalue weighted by Crippen LogP contribution is 2.20. The number of benzene rings is 1. The summed E-state index contributed by atoms with van der Waals surface area (Å²) in [4.78, 5) is 12.1. The van der Waals surface area contributed by atoms with E-state index in [1.807, 2.05) is 24.3 Å². The zero-order chi connectivity index (χ0) is 19.7. The predicted molar refractivity (Wildman–Crippen MR) is 107 cm³/mol. The first kappa shape index (κ1) is 21.4. The Kier molecular flexibility index (Phi) is 8.31. The van der Waals surface area contributed by atoms with Crippen molar-refractivity contribution in [2.24, 2.45) is 0 Å². The average molecular weight is 395 g/mol. The highest BCUT2D eigenvalue weighted by atomic mass is 32.2. The molecule has 27 heavy (non-hydrogen) atoms. The summed E-state index contributed by atoms with van der Waals surface area (Å²) in [5.41, 5.74) is 2.23. The Morgan fingerprint density at radius 1 is 1.19 bits per heavy atom. The van der Waals surface area contributed by atoms with E-state index >= 15 is 0 Å². The molecule has 0 fully saturated rings. The number of allylic oxidation sites excluding steroid dienone is 1. The molecule has 1 aliphatic carbocycles. The summed E-state index contributed by atoms with van der Waals surface area (Å²) in [7, 11) is -1.69. The maximum absolute atomic E-state index is 12.1. The third kappa shape index (κ3) is 7.72. The lowest BCUT2D eigenvalue weighted by atomic mass is 9.97. The number of hydrogen-bond acceptors (Lipinski definition) is 4. The van der Waals surface area contributed by atoms with Crippen LogP contribution in [0.5, 0.6) is 5.75 Å². The highest BCUT2D eigenvalue weighted by Gasteiger charge is 2.17. The third-order valence-corrected chi connectivity index (χ3v) is 6.05. The molecule has 0 atom stereocenters. The smallest absolute Gasteiger partial charge is 0.224 e. The van der Waals surface area contributed by atoms with Crippen LogP contribution in [0.25, 0.3) is 0 Å². The van der Waals surface area contributed by atoms with Crippen LogP contribution in [0, 0.1) is 0 Å². The van der Waals surface area contributed by atoms with Crippen molar-refractivity contribution >= 4 is 15.9 Å². The Labute approximate surface area is 162 Å². The van der Waals surface area contributed by atoms with Crippen LogP contribution in [0.15, 0.2) is 35.9 Å². The Balaban J connectivity index is 1.78. The van der Waals surface area contributed by atoms with Gasteiger partial charge in [-0.15, -0.1) is 0 Å². The number of hydrogen-bond donors (Lipinski definition) is 1. The fourth-order valence-corrected chi connectivity index (χ4v) is 4.00. The molecule has 1 aliphatic rings. The monoisotopic (exact) mass is 394 g/mol. The van der Waals surface area contributed by atoms with Gasteiger partial charge in [0.25, 0.3) is 0 Å². The Bertz CT molecular complexity index is 742. The first-order valence-electron chi connectivity index (χ1n) is 9.41. The molecule has 0 bridgehead atoms. The van der Waals surface area contributed by atoms with Crippen LogP contribution in [-0.4, -0.2) is 51.6 Å². The second-order valence-corrected chi connectivity index (χ2v) is 8.88. The molecule has 0 heterocycles. The summed E-state index contributed by atoms with van der Waals surface area (Å²) >= 11 is 0. The molecule has 0 saturated carbocycles. The summed E-state index contributed by atoms with van der Waals surface area (Å²) in [5, 5.41) is 2.81. The predicted octanol–water partition coefficient (Wildman–Crippen LogP) is 2.51. The standard InChI is InChI=1S/C20H30N2O4S/c1-26-19-10-8-18(9-11-19)16-20(23)21-13-15-22(27(2,24)25)14-12-17-6-4-3-5-7-17/h6,8-11H,3-5,7,12-16H2,1-2H3,(H,21,23). The minimum atomic E-state index is -3.29. The molecule has 1 N–H and O–H groups in total. The van der Waals surface area contributed by atoms with Gasteiger partial charge in [0, 0.05) is 19.6 Å². The summed E-state index contributed by atoms with van der Waals surface area (Å²) in [6.45, 7) is 1.07. The van der Waals surface area contributed by atoms with Crippen LogP contribution in [0.2, 0.25) is 0 Å². The van der Waals surface area contributed by atoms with E-state index in [0.717, 1.165) is 30.6 Å². The number of ether oxygens (including phenoxy) is 1. The summed E-state index contributed by atoms with van der Waals surface area (Å²) in [6.07, 6.45) is 9.06. The van der Waals surface area contributed by atoms with E-state index in [9.17, 15) is 13.2 Å². The van der Waals surface area contributed by atoms with Gasteiger partial charge in [0.1, 0.15) is 5.75 Å². The van der Waals surface area contributed by atoms with Gasteiger partial charge in [-0.2, -0.15) is 0 Å². The molecule has 1 amide bonds. The van der Waals surface area contributed by atoms with Crippen LogP contribution in [0.3, 0.4) is 0 Å². The topological polar surface area (TPSA) is 75.7 Å². The Morgan fingerprint density at radius 3 is 2.52 bits per heavy atom. The van der Waals surface area contributed by atoms with Crippen LogP contribution >= 0.6 is 0 Å². The molecule has 6 nitrogen and oxygen atoms in total. The maximum atomic E-state index is 12.1. The van der Waals surface area contributed by atoms with E-state index in [4.69, 9.17) is 4.74 Å². The molecular weight excluding hydrogens is 364 g/mol. The van der Waals surface area contributed by atoms with E-state index in [1.54, 1.807) is 7.11 Å². The molecule has 7 heteroatoms. The summed E-state index contributed by atoms with van der Waals surface area (Å²) in [6, 6.07) is 7.32. The van der Waals surface area contributed by atoms with E-state index in [1.165, 1.54) is 29.0 Å². The van der Waals surface area contributed by atoms with Crippen LogP contribution in [0.4, 0.5) is 0 Å². The molecular formula is C20H30N2O4S. The first-order valence-corrected chi connectivity index (χ1v) is 11.3. The molecule has 0 aromatic heterocycles. The number of rotatable bonds is 10. The van der Waals surface area contributed by atoms with Crippen molar-refractivity contribution in [3.05, 3.63) is 41.5 Å². The first-order chi connectivity index (χ1) is 12.9. The zero-order valence-corrected chi connectivity index (χ0v) is 17.1. The molecule has 0 spiro atoms. The summed E-state index contributed by atoms with van der Waals surface area (Å²) in [5.74, 6) is 0.625. The van der Waals surface area contributed by atoms with Gasteiger partial charge in [-0.1, -0.05) is 23.8 Å². The molecule has 0 aliphatic heterocycles. The minimum absolute atomic E-state index is 0.122. The number of amides is 1. The van der Waals surface area contributed by atoms with Gasteiger partial charge in [-0.05, 0) is 49.8 Å². The number of carbonyl (C=O) groups excluding carboxylic acids is 1. The zero-order valence-electron chi connectivity index (χ0n) is 16.2. The van der Waals surface area contributed by atoms with Crippen molar-refractivity contribution < 1.29 is 17.9 Å². The molecule has 0 unspecified atom stereocenters. The lowest BCUT2D eigenvalue weighted by molar-refractivity contribution is -0.120. The lowest BCUT2D eigenvalue weighted by Gasteiger charge is -2.22. The fraction of sp³-hybridized carbons (Fsp3) is 0.550. The van der Waals surface area contributed by atoms with Gasteiger partial charge in [-0.3, -0.25) is 4.79 Å². The van der Waals surface area contributed by atoms with Crippen molar-refractivity contribution in [1.82, 2.24) is 9.62 Å². The molecule has 1 aromatic rings. The Morgan fingerprint density at radius 2 is 1.93 bits per heavy atom. The number of methoxy groups -OCH3 is 1. The van der Waals surface area contributed by atoms with E-state index < -0.39 is 10.0 Å². The van der Waals surface area contributed by atoms with Crippen molar-refractivity contribution in [3.8, 4) is 5.75 Å². The number of carbonyl (C=O) groups is 1. The van der Waals surface area contributed by atoms with E-state index in [2.05, 4.69) is 11.4 Å². The molecule has 1 aromatic carbocycles. The lowest BCUT2D eigenvalue weighted by Crippen LogP contribution is -2.39. The van der Waals surface area contributed by atoms with Gasteiger partial charge >= 0.3 is 0 Å². The average Bonchev–Trinajstić information content (AvgIpc) is 2.65. The second-order valence-electron chi connectivity index (χ2n) is 6.89. The van der Waals surface area contributed by atoms with Crippen LogP contribution < -0.4 is 10.1 Å². The second kappa shape index (κ2) is 10.5. The minimum Gasteiger partial charge on any atom is -0.497 e. The fourth-order valence-electron chi connectivity index (χ4n) is 3.15. The van der Waals surface area contributed by atoms with Gasteiger partial charge < -0.3 is 10.1 Å². The number of sulfonamides is 1. The highest BCUT2D eigenvalue weighted by molar-refractivity contribution is 7.88. The third-order valence-electron chi connectivity index (χ3n) is 4.74. The molecule has 2 rings (SSSR count). The normalized spacial score (nSPS) is 14.7. The molecule has 150 valence electrons. The number of nitrogens with zero attached hydrogens (tertiary/aromatic N) is 1. The van der Waals surface area contributed by atoms with Gasteiger partial charge in [-0.25, -0.2) is 12.7 Å². The van der Waals surface area contributed by atoms with Crippen LogP contribution in [-0.2, 0) is 21.2 Å². The molecule has 0 radical (unpaired) electrons. The van der Waals surface area contributed by atoms with Gasteiger partial charge in [0.05, 0.1) is 19.8 Å². The van der Waals surface area contributed by atoms with E-state index in [0.29, 0.717) is 19.6 Å². The van der Waals surface area contributed by atoms with Crippen molar-refractivity contribution in [2.75, 3.05) is 33.0 Å². The van der Waals surface area contributed by atoms with Gasteiger partial charge in [0.2, 0.25) is 15.9 Å². The summed E-state index contributed by atoms with van der Waals surface area (Å²) < 4.78 is 30.6. The Hall–Kier alpha value is -1.86. The largest absolute Gasteiger partial charge is 0.497 e. The van der Waals surface area contributed by atoms with Crippen molar-refractivity contribution in [1.29, 1.82) is 0 Å².